The van der Waals surface area contributed by atoms with Gasteiger partial charge < -0.3 is 10.6 Å². The fraction of sp³-hybridized carbons (Fsp3) is 0.636. The number of hydrogen-bond donors (Lipinski definition) is 1. The van der Waals surface area contributed by atoms with Crippen LogP contribution in [-0.2, 0) is 6.54 Å². The highest BCUT2D eigenvalue weighted by molar-refractivity contribution is 5.28. The van der Waals surface area contributed by atoms with Crippen LogP contribution >= 0.6 is 0 Å². The van der Waals surface area contributed by atoms with Crippen LogP contribution in [0.4, 0.5) is 5.95 Å². The van der Waals surface area contributed by atoms with Crippen molar-refractivity contribution < 1.29 is 0 Å². The van der Waals surface area contributed by atoms with E-state index in [1.165, 1.54) is 6.42 Å². The van der Waals surface area contributed by atoms with Gasteiger partial charge in [-0.1, -0.05) is 20.3 Å². The zero-order valence-corrected chi connectivity index (χ0v) is 9.77. The normalized spacial score (nSPS) is 12.5. The Morgan fingerprint density at radius 3 is 2.47 bits per heavy atom. The fourth-order valence-electron chi connectivity index (χ4n) is 1.33. The molecule has 15 heavy (non-hydrogen) atoms. The average molecular weight is 208 g/mol. The first-order valence-corrected chi connectivity index (χ1v) is 5.39. The Bertz CT molecular complexity index is 283. The standard InChI is InChI=1S/C11H20N4/c1-4-9(2)8-15(3)11-13-6-10(5-12)7-14-11/h6-7,9H,4-5,8,12H2,1-3H3. The molecule has 1 atom stereocenters. The zero-order chi connectivity index (χ0) is 11.3. The van der Waals surface area contributed by atoms with Gasteiger partial charge in [0.25, 0.3) is 0 Å². The van der Waals surface area contributed by atoms with E-state index in [-0.39, 0.29) is 0 Å². The summed E-state index contributed by atoms with van der Waals surface area (Å²) in [5.74, 6) is 1.43. The molecule has 4 nitrogen and oxygen atoms in total. The van der Waals surface area contributed by atoms with Gasteiger partial charge in [-0.2, -0.15) is 0 Å². The summed E-state index contributed by atoms with van der Waals surface area (Å²) in [6, 6.07) is 0. The maximum Gasteiger partial charge on any atom is 0.225 e. The molecule has 0 bridgehead atoms. The SMILES string of the molecule is CCC(C)CN(C)c1ncc(CN)cn1. The Morgan fingerprint density at radius 2 is 2.00 bits per heavy atom. The zero-order valence-electron chi connectivity index (χ0n) is 9.77. The van der Waals surface area contributed by atoms with E-state index in [1.54, 1.807) is 12.4 Å². The van der Waals surface area contributed by atoms with Crippen molar-refractivity contribution in [2.75, 3.05) is 18.5 Å². The van der Waals surface area contributed by atoms with Crippen LogP contribution in [0, 0.1) is 5.92 Å². The summed E-state index contributed by atoms with van der Waals surface area (Å²) < 4.78 is 0. The van der Waals surface area contributed by atoms with Gasteiger partial charge in [-0.3, -0.25) is 0 Å². The van der Waals surface area contributed by atoms with Gasteiger partial charge in [0.05, 0.1) is 0 Å². The first kappa shape index (κ1) is 11.9. The van der Waals surface area contributed by atoms with Gasteiger partial charge in [0.1, 0.15) is 0 Å². The smallest absolute Gasteiger partial charge is 0.225 e. The highest BCUT2D eigenvalue weighted by atomic mass is 15.2. The molecule has 0 radical (unpaired) electrons. The molecule has 0 aliphatic rings. The van der Waals surface area contributed by atoms with Crippen LogP contribution in [0.25, 0.3) is 0 Å². The Balaban J connectivity index is 2.61. The largest absolute Gasteiger partial charge is 0.344 e. The molecule has 0 saturated heterocycles. The molecule has 84 valence electrons. The number of rotatable bonds is 5. The number of nitrogens with two attached hydrogens (primary N) is 1. The lowest BCUT2D eigenvalue weighted by Gasteiger charge is -2.20. The summed E-state index contributed by atoms with van der Waals surface area (Å²) in [5, 5.41) is 0. The monoisotopic (exact) mass is 208 g/mol. The Hall–Kier alpha value is -1.16. The second-order valence-electron chi connectivity index (χ2n) is 3.99. The van der Waals surface area contributed by atoms with Crippen molar-refractivity contribution in [1.29, 1.82) is 0 Å². The van der Waals surface area contributed by atoms with Gasteiger partial charge in [0.2, 0.25) is 5.95 Å². The minimum atomic E-state index is 0.495. The molecule has 0 amide bonds. The highest BCUT2D eigenvalue weighted by Gasteiger charge is 2.07. The molecule has 1 heterocycles. The summed E-state index contributed by atoms with van der Waals surface area (Å²) in [7, 11) is 2.02. The first-order valence-electron chi connectivity index (χ1n) is 5.39. The predicted molar refractivity (Wildman–Crippen MR) is 62.6 cm³/mol. The van der Waals surface area contributed by atoms with Crippen LogP contribution in [0.5, 0.6) is 0 Å². The molecule has 0 spiro atoms. The van der Waals surface area contributed by atoms with E-state index in [0.717, 1.165) is 18.1 Å². The van der Waals surface area contributed by atoms with Crippen molar-refractivity contribution in [3.8, 4) is 0 Å². The summed E-state index contributed by atoms with van der Waals surface area (Å²) >= 11 is 0. The van der Waals surface area contributed by atoms with E-state index in [4.69, 9.17) is 5.73 Å². The minimum Gasteiger partial charge on any atom is -0.344 e. The summed E-state index contributed by atoms with van der Waals surface area (Å²) in [6.07, 6.45) is 4.75. The maximum absolute atomic E-state index is 5.48. The Labute approximate surface area is 91.5 Å². The van der Waals surface area contributed by atoms with Gasteiger partial charge in [-0.15, -0.1) is 0 Å². The van der Waals surface area contributed by atoms with Crippen molar-refractivity contribution in [2.24, 2.45) is 11.7 Å². The number of hydrogen-bond acceptors (Lipinski definition) is 4. The van der Waals surface area contributed by atoms with Gasteiger partial charge in [-0.25, -0.2) is 9.97 Å². The van der Waals surface area contributed by atoms with E-state index >= 15 is 0 Å². The van der Waals surface area contributed by atoms with Crippen molar-refractivity contribution >= 4 is 5.95 Å². The predicted octanol–water partition coefficient (Wildman–Crippen LogP) is 1.42. The highest BCUT2D eigenvalue weighted by Crippen LogP contribution is 2.09. The van der Waals surface area contributed by atoms with E-state index < -0.39 is 0 Å². The molecule has 0 aromatic carbocycles. The second-order valence-corrected chi connectivity index (χ2v) is 3.99. The lowest BCUT2D eigenvalue weighted by atomic mass is 10.1. The topological polar surface area (TPSA) is 55.0 Å². The van der Waals surface area contributed by atoms with Gasteiger partial charge in [0, 0.05) is 38.1 Å². The molecular formula is C11H20N4. The summed E-state index contributed by atoms with van der Waals surface area (Å²) in [5.41, 5.74) is 6.45. The molecule has 1 aromatic heterocycles. The summed E-state index contributed by atoms with van der Waals surface area (Å²) in [6.45, 7) is 5.90. The Kier molecular flexibility index (Phi) is 4.49. The lowest BCUT2D eigenvalue weighted by Crippen LogP contribution is -2.25. The molecule has 1 unspecified atom stereocenters. The van der Waals surface area contributed by atoms with Crippen molar-refractivity contribution in [3.05, 3.63) is 18.0 Å². The van der Waals surface area contributed by atoms with Crippen molar-refractivity contribution in [1.82, 2.24) is 9.97 Å². The molecular weight excluding hydrogens is 188 g/mol. The third kappa shape index (κ3) is 3.47. The average Bonchev–Trinajstić information content (AvgIpc) is 2.29. The van der Waals surface area contributed by atoms with E-state index in [9.17, 15) is 0 Å². The maximum atomic E-state index is 5.48. The van der Waals surface area contributed by atoms with Crippen LogP contribution in [0.15, 0.2) is 12.4 Å². The number of anilines is 1. The van der Waals surface area contributed by atoms with E-state index in [0.29, 0.717) is 12.5 Å². The van der Waals surface area contributed by atoms with Gasteiger partial charge >= 0.3 is 0 Å². The second kappa shape index (κ2) is 5.66. The molecule has 1 aromatic rings. The molecule has 0 saturated carbocycles. The minimum absolute atomic E-state index is 0.495. The van der Waals surface area contributed by atoms with Gasteiger partial charge in [-0.05, 0) is 5.92 Å². The number of aromatic nitrogens is 2. The third-order valence-electron chi connectivity index (χ3n) is 2.55. The van der Waals surface area contributed by atoms with Gasteiger partial charge in [0.15, 0.2) is 0 Å². The molecule has 0 aliphatic carbocycles. The van der Waals surface area contributed by atoms with E-state index in [1.807, 2.05) is 7.05 Å². The molecule has 2 N–H and O–H groups in total. The quantitative estimate of drug-likeness (QED) is 0.795. The molecule has 4 heteroatoms. The van der Waals surface area contributed by atoms with E-state index in [2.05, 4.69) is 28.7 Å². The lowest BCUT2D eigenvalue weighted by molar-refractivity contribution is 0.555. The van der Waals surface area contributed by atoms with Crippen LogP contribution in [0.1, 0.15) is 25.8 Å². The molecule has 0 aliphatic heterocycles. The van der Waals surface area contributed by atoms with Crippen LogP contribution < -0.4 is 10.6 Å². The van der Waals surface area contributed by atoms with Crippen LogP contribution in [0.3, 0.4) is 0 Å². The fourth-order valence-corrected chi connectivity index (χ4v) is 1.33. The first-order chi connectivity index (χ1) is 7.17. The molecule has 0 fully saturated rings. The summed E-state index contributed by atoms with van der Waals surface area (Å²) in [4.78, 5) is 10.6. The van der Waals surface area contributed by atoms with Crippen LogP contribution in [-0.4, -0.2) is 23.6 Å². The van der Waals surface area contributed by atoms with Crippen molar-refractivity contribution in [3.63, 3.8) is 0 Å². The third-order valence-corrected chi connectivity index (χ3v) is 2.55. The van der Waals surface area contributed by atoms with Crippen molar-refractivity contribution in [2.45, 2.75) is 26.8 Å². The Morgan fingerprint density at radius 1 is 1.40 bits per heavy atom. The number of nitrogens with zero attached hydrogens (tertiary/aromatic N) is 3. The molecule has 1 rings (SSSR count). The van der Waals surface area contributed by atoms with Crippen LogP contribution in [0.2, 0.25) is 0 Å².